The molecule has 1 heterocycles. The summed E-state index contributed by atoms with van der Waals surface area (Å²) in [4.78, 5) is 41.3. The molecule has 1 N–H and O–H groups in total. The first-order valence-electron chi connectivity index (χ1n) is 15.6. The van der Waals surface area contributed by atoms with Gasteiger partial charge in [-0.25, -0.2) is 4.79 Å². The van der Waals surface area contributed by atoms with Crippen molar-refractivity contribution in [1.82, 2.24) is 10.2 Å². The van der Waals surface area contributed by atoms with E-state index < -0.39 is 5.97 Å². The highest BCUT2D eigenvalue weighted by atomic mass is 16.5. The average Bonchev–Trinajstić information content (AvgIpc) is 3.06. The van der Waals surface area contributed by atoms with Crippen LogP contribution in [0.2, 0.25) is 0 Å². The number of benzene rings is 4. The molecular formula is C39H40N2O4. The fourth-order valence-corrected chi connectivity index (χ4v) is 6.12. The maximum Gasteiger partial charge on any atom is 0.336 e. The monoisotopic (exact) mass is 600 g/mol. The zero-order chi connectivity index (χ0) is 31.8. The summed E-state index contributed by atoms with van der Waals surface area (Å²) in [5.74, 6) is -0.772. The van der Waals surface area contributed by atoms with E-state index in [1.165, 1.54) is 11.1 Å². The third-order valence-electron chi connectivity index (χ3n) is 8.44. The zero-order valence-corrected chi connectivity index (χ0v) is 26.2. The van der Waals surface area contributed by atoms with Crippen molar-refractivity contribution in [2.75, 3.05) is 13.2 Å². The Balaban J connectivity index is 1.26. The van der Waals surface area contributed by atoms with Crippen molar-refractivity contribution < 1.29 is 19.1 Å². The van der Waals surface area contributed by atoms with E-state index in [1.54, 1.807) is 24.0 Å². The molecular weight excluding hydrogens is 560 g/mol. The van der Waals surface area contributed by atoms with Gasteiger partial charge in [0.2, 0.25) is 5.91 Å². The topological polar surface area (TPSA) is 75.7 Å². The lowest BCUT2D eigenvalue weighted by Gasteiger charge is -2.34. The van der Waals surface area contributed by atoms with E-state index in [9.17, 15) is 14.4 Å². The van der Waals surface area contributed by atoms with E-state index in [0.29, 0.717) is 29.9 Å². The molecule has 0 spiro atoms. The van der Waals surface area contributed by atoms with Crippen LogP contribution in [0.4, 0.5) is 0 Å². The predicted molar refractivity (Wildman–Crippen MR) is 177 cm³/mol. The number of hydrogen-bond donors (Lipinski definition) is 1. The van der Waals surface area contributed by atoms with Gasteiger partial charge in [0.25, 0.3) is 5.91 Å². The molecule has 0 saturated carbocycles. The Hall–Kier alpha value is -4.97. The van der Waals surface area contributed by atoms with Crippen LogP contribution in [-0.2, 0) is 20.9 Å². The minimum absolute atomic E-state index is 0.0553. The lowest BCUT2D eigenvalue weighted by molar-refractivity contribution is -0.140. The Morgan fingerprint density at radius 1 is 0.867 bits per heavy atom. The summed E-state index contributed by atoms with van der Waals surface area (Å²) < 4.78 is 5.43. The minimum atomic E-state index is -0.396. The Kier molecular flexibility index (Phi) is 10.3. The van der Waals surface area contributed by atoms with Crippen molar-refractivity contribution >= 4 is 17.8 Å². The second-order valence-corrected chi connectivity index (χ2v) is 11.5. The number of ether oxygens (including phenoxy) is 1. The van der Waals surface area contributed by atoms with Gasteiger partial charge in [0.05, 0.1) is 18.7 Å². The number of esters is 1. The molecule has 230 valence electrons. The number of hydrogen-bond acceptors (Lipinski definition) is 4. The van der Waals surface area contributed by atoms with Crippen LogP contribution in [-0.4, -0.2) is 35.8 Å². The van der Waals surface area contributed by atoms with Crippen LogP contribution in [0.15, 0.2) is 120 Å². The molecule has 0 saturated heterocycles. The minimum Gasteiger partial charge on any atom is -0.463 e. The molecule has 1 aliphatic rings. The number of nitrogens with zero attached hydrogens (tertiary/aromatic N) is 1. The van der Waals surface area contributed by atoms with Crippen molar-refractivity contribution in [2.24, 2.45) is 0 Å². The van der Waals surface area contributed by atoms with Gasteiger partial charge in [0.15, 0.2) is 0 Å². The summed E-state index contributed by atoms with van der Waals surface area (Å²) in [6.07, 6.45) is 0.954. The summed E-state index contributed by atoms with van der Waals surface area (Å²) in [7, 11) is 0. The van der Waals surface area contributed by atoms with E-state index in [2.05, 4.69) is 29.6 Å². The van der Waals surface area contributed by atoms with Gasteiger partial charge in [0, 0.05) is 36.1 Å². The van der Waals surface area contributed by atoms with Crippen LogP contribution >= 0.6 is 0 Å². The highest BCUT2D eigenvalue weighted by molar-refractivity contribution is 5.96. The maximum absolute atomic E-state index is 13.4. The van der Waals surface area contributed by atoms with Gasteiger partial charge in [0.1, 0.15) is 0 Å². The number of nitrogens with one attached hydrogen (secondary N) is 1. The van der Waals surface area contributed by atoms with Crippen LogP contribution in [0.25, 0.3) is 0 Å². The van der Waals surface area contributed by atoms with E-state index in [0.717, 1.165) is 23.1 Å². The Morgan fingerprint density at radius 3 is 2.11 bits per heavy atom. The van der Waals surface area contributed by atoms with Crippen LogP contribution < -0.4 is 5.32 Å². The SMILES string of the molecule is CCOC(=O)C1=C(C)N(Cc2ccc(C(=O)NCCC(c3ccccc3)c3ccccc3)cc2)C(=O)CC1c1cccc(C)c1. The van der Waals surface area contributed by atoms with E-state index in [1.807, 2.05) is 86.6 Å². The number of aryl methyl sites for hydroxylation is 1. The smallest absolute Gasteiger partial charge is 0.336 e. The highest BCUT2D eigenvalue weighted by Gasteiger charge is 2.37. The van der Waals surface area contributed by atoms with Crippen LogP contribution in [0.1, 0.15) is 76.7 Å². The average molecular weight is 601 g/mol. The van der Waals surface area contributed by atoms with Gasteiger partial charge in [-0.15, -0.1) is 0 Å². The standard InChI is InChI=1S/C39H40N2O4/c1-4-45-39(44)37-28(3)41(36(42)25-35(37)33-17-11-12-27(2)24-33)26-29-18-20-32(21-19-29)38(43)40-23-22-34(30-13-7-5-8-14-30)31-15-9-6-10-16-31/h5-21,24,34-35H,4,22-23,25-26H2,1-3H3,(H,40,43). The Bertz CT molecular complexity index is 1620. The summed E-state index contributed by atoms with van der Waals surface area (Å²) in [5, 5.41) is 3.08. The molecule has 0 bridgehead atoms. The van der Waals surface area contributed by atoms with Crippen molar-refractivity contribution in [2.45, 2.75) is 52.0 Å². The van der Waals surface area contributed by atoms with Gasteiger partial charge < -0.3 is 15.0 Å². The molecule has 0 fully saturated rings. The molecule has 45 heavy (non-hydrogen) atoms. The molecule has 1 unspecified atom stereocenters. The molecule has 4 aromatic carbocycles. The maximum atomic E-state index is 13.4. The fourth-order valence-electron chi connectivity index (χ4n) is 6.12. The summed E-state index contributed by atoms with van der Waals surface area (Å²) >= 11 is 0. The molecule has 4 aromatic rings. The first kappa shape index (κ1) is 31.5. The molecule has 5 rings (SSSR count). The first-order valence-corrected chi connectivity index (χ1v) is 15.6. The number of allylic oxidation sites excluding steroid dienone is 1. The number of carbonyl (C=O) groups is 3. The molecule has 1 atom stereocenters. The van der Waals surface area contributed by atoms with Gasteiger partial charge in [-0.05, 0) is 61.6 Å². The van der Waals surface area contributed by atoms with Gasteiger partial charge in [-0.1, -0.05) is 103 Å². The second kappa shape index (κ2) is 14.7. The summed E-state index contributed by atoms with van der Waals surface area (Å²) in [6, 6.07) is 35.9. The predicted octanol–water partition coefficient (Wildman–Crippen LogP) is 7.30. The van der Waals surface area contributed by atoms with Gasteiger partial charge >= 0.3 is 5.97 Å². The van der Waals surface area contributed by atoms with Crippen molar-refractivity contribution in [1.29, 1.82) is 0 Å². The third kappa shape index (κ3) is 7.58. The van der Waals surface area contributed by atoms with Crippen molar-refractivity contribution in [3.05, 3.63) is 154 Å². The van der Waals surface area contributed by atoms with E-state index in [4.69, 9.17) is 4.74 Å². The summed E-state index contributed by atoms with van der Waals surface area (Å²) in [5.41, 5.74) is 6.97. The molecule has 6 nitrogen and oxygen atoms in total. The number of amides is 2. The first-order chi connectivity index (χ1) is 21.9. The molecule has 0 aliphatic carbocycles. The van der Waals surface area contributed by atoms with E-state index in [-0.39, 0.29) is 36.7 Å². The second-order valence-electron chi connectivity index (χ2n) is 11.5. The van der Waals surface area contributed by atoms with Crippen LogP contribution in [0.5, 0.6) is 0 Å². The third-order valence-corrected chi connectivity index (χ3v) is 8.44. The molecule has 0 aromatic heterocycles. The van der Waals surface area contributed by atoms with Gasteiger partial charge in [-0.3, -0.25) is 9.59 Å². The van der Waals surface area contributed by atoms with Crippen molar-refractivity contribution in [3.8, 4) is 0 Å². The largest absolute Gasteiger partial charge is 0.463 e. The zero-order valence-electron chi connectivity index (χ0n) is 26.2. The molecule has 2 amide bonds. The summed E-state index contributed by atoms with van der Waals surface area (Å²) in [6.45, 7) is 6.67. The number of rotatable bonds is 11. The lowest BCUT2D eigenvalue weighted by atomic mass is 9.83. The molecule has 6 heteroatoms. The van der Waals surface area contributed by atoms with E-state index >= 15 is 0 Å². The molecule has 0 radical (unpaired) electrons. The van der Waals surface area contributed by atoms with Crippen LogP contribution in [0, 0.1) is 6.92 Å². The fraction of sp³-hybridized carbons (Fsp3) is 0.256. The van der Waals surface area contributed by atoms with Crippen LogP contribution in [0.3, 0.4) is 0 Å². The van der Waals surface area contributed by atoms with Crippen molar-refractivity contribution in [3.63, 3.8) is 0 Å². The van der Waals surface area contributed by atoms with Gasteiger partial charge in [-0.2, -0.15) is 0 Å². The number of carbonyl (C=O) groups excluding carboxylic acids is 3. The normalized spacial score (nSPS) is 14.9. The molecule has 1 aliphatic heterocycles. The lowest BCUT2D eigenvalue weighted by Crippen LogP contribution is -2.38. The Labute approximate surface area is 265 Å². The highest BCUT2D eigenvalue weighted by Crippen LogP contribution is 2.38. The Morgan fingerprint density at radius 2 is 1.51 bits per heavy atom. The quantitative estimate of drug-likeness (QED) is 0.183.